The van der Waals surface area contributed by atoms with E-state index in [1.54, 1.807) is 31.3 Å². The minimum absolute atomic E-state index is 0.242. The lowest BCUT2D eigenvalue weighted by Crippen LogP contribution is -2.40. The van der Waals surface area contributed by atoms with Gasteiger partial charge in [-0.1, -0.05) is 33.6 Å². The molecule has 0 fully saturated rings. The summed E-state index contributed by atoms with van der Waals surface area (Å²) < 4.78 is 0.752. The van der Waals surface area contributed by atoms with Crippen LogP contribution in [-0.4, -0.2) is 23.8 Å². The van der Waals surface area contributed by atoms with Gasteiger partial charge in [-0.15, -0.1) is 0 Å². The Labute approximate surface area is 149 Å². The molecule has 24 heavy (non-hydrogen) atoms. The van der Waals surface area contributed by atoms with Gasteiger partial charge in [0.25, 0.3) is 5.91 Å². The van der Waals surface area contributed by atoms with E-state index in [4.69, 9.17) is 0 Å². The number of anilines is 1. The van der Waals surface area contributed by atoms with Gasteiger partial charge >= 0.3 is 0 Å². The van der Waals surface area contributed by atoms with E-state index in [0.29, 0.717) is 16.8 Å². The van der Waals surface area contributed by atoms with Crippen LogP contribution in [0.2, 0.25) is 0 Å². The maximum absolute atomic E-state index is 12.8. The van der Waals surface area contributed by atoms with Crippen molar-refractivity contribution >= 4 is 33.3 Å². The Morgan fingerprint density at radius 3 is 2.62 bits per heavy atom. The zero-order valence-electron chi connectivity index (χ0n) is 13.8. The topological polar surface area (TPSA) is 57.6 Å². The number of Topliss-reactive ketones (excluding diaryl/α,β-unsaturated/α-hetero) is 1. The second kappa shape index (κ2) is 5.83. The number of aliphatic hydroxyl groups is 1. The second-order valence-corrected chi connectivity index (χ2v) is 7.22. The van der Waals surface area contributed by atoms with E-state index >= 15 is 0 Å². The average molecular weight is 388 g/mol. The summed E-state index contributed by atoms with van der Waals surface area (Å²) in [6.45, 7) is 3.76. The number of rotatable bonds is 3. The molecule has 2 aromatic carbocycles. The van der Waals surface area contributed by atoms with Gasteiger partial charge in [-0.3, -0.25) is 9.59 Å². The summed E-state index contributed by atoms with van der Waals surface area (Å²) in [6, 6.07) is 10.9. The predicted octanol–water partition coefficient (Wildman–Crippen LogP) is 3.50. The van der Waals surface area contributed by atoms with Crippen LogP contribution >= 0.6 is 15.9 Å². The highest BCUT2D eigenvalue weighted by molar-refractivity contribution is 9.10. The van der Waals surface area contributed by atoms with Crippen LogP contribution in [0.4, 0.5) is 5.69 Å². The maximum Gasteiger partial charge on any atom is 0.263 e. The first-order valence-corrected chi connectivity index (χ1v) is 8.44. The lowest BCUT2D eigenvalue weighted by molar-refractivity contribution is -0.135. The summed E-state index contributed by atoms with van der Waals surface area (Å²) in [7, 11) is 1.61. The number of aryl methyl sites for hydroxylation is 2. The van der Waals surface area contributed by atoms with E-state index in [2.05, 4.69) is 15.9 Å². The van der Waals surface area contributed by atoms with Gasteiger partial charge in [0.2, 0.25) is 0 Å². The zero-order chi connectivity index (χ0) is 17.6. The Bertz CT molecular complexity index is 862. The molecule has 0 saturated carbocycles. The van der Waals surface area contributed by atoms with E-state index in [1.165, 1.54) is 4.90 Å². The first-order chi connectivity index (χ1) is 11.2. The molecule has 5 heteroatoms. The SMILES string of the molecule is Cc1ccc(C)c(C(=O)C[C@]2(O)C(=O)N(C)c3ccc(Br)cc32)c1. The van der Waals surface area contributed by atoms with Gasteiger partial charge in [0.1, 0.15) is 0 Å². The molecule has 0 aromatic heterocycles. The van der Waals surface area contributed by atoms with Crippen LogP contribution in [0.25, 0.3) is 0 Å². The fraction of sp³-hybridized carbons (Fsp3) is 0.263. The Balaban J connectivity index is 2.03. The average Bonchev–Trinajstić information content (AvgIpc) is 2.71. The fourth-order valence-electron chi connectivity index (χ4n) is 3.17. The lowest BCUT2D eigenvalue weighted by atomic mass is 9.87. The van der Waals surface area contributed by atoms with Crippen molar-refractivity contribution in [1.82, 2.24) is 0 Å². The highest BCUT2D eigenvalue weighted by Crippen LogP contribution is 2.43. The minimum atomic E-state index is -1.83. The zero-order valence-corrected chi connectivity index (χ0v) is 15.3. The van der Waals surface area contributed by atoms with E-state index < -0.39 is 11.5 Å². The van der Waals surface area contributed by atoms with Gasteiger partial charge < -0.3 is 10.0 Å². The molecule has 1 heterocycles. The number of carbonyl (C=O) groups is 2. The molecular formula is C19H18BrNO3. The number of nitrogens with zero attached hydrogens (tertiary/aromatic N) is 1. The number of hydrogen-bond donors (Lipinski definition) is 1. The van der Waals surface area contributed by atoms with Crippen LogP contribution < -0.4 is 4.90 Å². The quantitative estimate of drug-likeness (QED) is 0.819. The third-order valence-electron chi connectivity index (χ3n) is 4.53. The van der Waals surface area contributed by atoms with E-state index in [1.807, 2.05) is 26.0 Å². The van der Waals surface area contributed by atoms with Crippen molar-refractivity contribution in [3.05, 3.63) is 63.1 Å². The maximum atomic E-state index is 12.8. The van der Waals surface area contributed by atoms with Crippen LogP contribution in [0.5, 0.6) is 0 Å². The number of likely N-dealkylation sites (N-methyl/N-ethyl adjacent to an activating group) is 1. The van der Waals surface area contributed by atoms with Gasteiger partial charge in [-0.05, 0) is 43.7 Å². The summed E-state index contributed by atoms with van der Waals surface area (Å²) in [4.78, 5) is 26.8. The largest absolute Gasteiger partial charge is 0.375 e. The van der Waals surface area contributed by atoms with E-state index in [9.17, 15) is 14.7 Å². The highest BCUT2D eigenvalue weighted by Gasteiger charge is 2.49. The number of carbonyl (C=O) groups excluding carboxylic acids is 2. The fourth-order valence-corrected chi connectivity index (χ4v) is 3.53. The van der Waals surface area contributed by atoms with Crippen molar-refractivity contribution in [3.8, 4) is 0 Å². The van der Waals surface area contributed by atoms with Gasteiger partial charge in [0, 0.05) is 22.6 Å². The summed E-state index contributed by atoms with van der Waals surface area (Å²) in [6.07, 6.45) is -0.274. The molecule has 4 nitrogen and oxygen atoms in total. The number of benzene rings is 2. The van der Waals surface area contributed by atoms with Crippen LogP contribution in [0.1, 0.15) is 33.5 Å². The molecular weight excluding hydrogens is 370 g/mol. The van der Waals surface area contributed by atoms with E-state index in [-0.39, 0.29) is 12.2 Å². The van der Waals surface area contributed by atoms with Gasteiger partial charge in [0.05, 0.1) is 12.1 Å². The van der Waals surface area contributed by atoms with Gasteiger partial charge in [0.15, 0.2) is 11.4 Å². The van der Waals surface area contributed by atoms with Crippen LogP contribution in [0, 0.1) is 13.8 Å². The van der Waals surface area contributed by atoms with Crippen LogP contribution in [0.3, 0.4) is 0 Å². The molecule has 1 amide bonds. The molecule has 2 aromatic rings. The Kier molecular flexibility index (Phi) is 4.10. The molecule has 1 aliphatic rings. The number of fused-ring (bicyclic) bond motifs is 1. The molecule has 0 bridgehead atoms. The molecule has 0 unspecified atom stereocenters. The number of ketones is 1. The van der Waals surface area contributed by atoms with Crippen molar-refractivity contribution in [2.75, 3.05) is 11.9 Å². The van der Waals surface area contributed by atoms with Crippen molar-refractivity contribution in [3.63, 3.8) is 0 Å². The normalized spacial score (nSPS) is 19.5. The Morgan fingerprint density at radius 1 is 1.21 bits per heavy atom. The molecule has 1 atom stereocenters. The smallest absolute Gasteiger partial charge is 0.263 e. The number of halogens is 1. The van der Waals surface area contributed by atoms with Crippen molar-refractivity contribution in [2.24, 2.45) is 0 Å². The minimum Gasteiger partial charge on any atom is -0.375 e. The highest BCUT2D eigenvalue weighted by atomic mass is 79.9. The second-order valence-electron chi connectivity index (χ2n) is 6.30. The Morgan fingerprint density at radius 2 is 1.92 bits per heavy atom. The third kappa shape index (κ3) is 2.58. The summed E-state index contributed by atoms with van der Waals surface area (Å²) in [5.41, 5.74) is 1.60. The number of hydrogen-bond acceptors (Lipinski definition) is 3. The van der Waals surface area contributed by atoms with Gasteiger partial charge in [-0.25, -0.2) is 0 Å². The van der Waals surface area contributed by atoms with Crippen molar-refractivity contribution in [1.29, 1.82) is 0 Å². The van der Waals surface area contributed by atoms with Crippen LogP contribution in [0.15, 0.2) is 40.9 Å². The first-order valence-electron chi connectivity index (χ1n) is 7.65. The number of amides is 1. The molecule has 0 spiro atoms. The summed E-state index contributed by atoms with van der Waals surface area (Å²) >= 11 is 3.36. The third-order valence-corrected chi connectivity index (χ3v) is 5.03. The molecule has 3 rings (SSSR count). The Hall–Kier alpha value is -1.98. The molecule has 124 valence electrons. The molecule has 0 aliphatic carbocycles. The monoisotopic (exact) mass is 387 g/mol. The van der Waals surface area contributed by atoms with Gasteiger partial charge in [-0.2, -0.15) is 0 Å². The first kappa shape index (κ1) is 16.9. The van der Waals surface area contributed by atoms with Crippen molar-refractivity contribution in [2.45, 2.75) is 25.9 Å². The van der Waals surface area contributed by atoms with Crippen molar-refractivity contribution < 1.29 is 14.7 Å². The molecule has 0 radical (unpaired) electrons. The molecule has 0 saturated heterocycles. The molecule has 1 N–H and O–H groups in total. The summed E-state index contributed by atoms with van der Waals surface area (Å²) in [5, 5.41) is 11.1. The molecule has 1 aliphatic heterocycles. The van der Waals surface area contributed by atoms with E-state index in [0.717, 1.165) is 15.6 Å². The standard InChI is InChI=1S/C19H18BrNO3/c1-11-4-5-12(2)14(8-11)17(22)10-19(24)15-9-13(20)6-7-16(15)21(3)18(19)23/h4-9,24H,10H2,1-3H3/t19-/m1/s1. The van der Waals surface area contributed by atoms with Crippen LogP contribution in [-0.2, 0) is 10.4 Å². The predicted molar refractivity (Wildman–Crippen MR) is 96.3 cm³/mol. The lowest BCUT2D eigenvalue weighted by Gasteiger charge is -2.21. The summed E-state index contributed by atoms with van der Waals surface area (Å²) in [5.74, 6) is -0.720.